The van der Waals surface area contributed by atoms with Crippen molar-refractivity contribution in [1.29, 1.82) is 0 Å². The minimum absolute atomic E-state index is 0.0125. The van der Waals surface area contributed by atoms with E-state index in [9.17, 15) is 8.42 Å². The highest BCUT2D eigenvalue weighted by molar-refractivity contribution is 7.89. The molecule has 1 saturated heterocycles. The van der Waals surface area contributed by atoms with Crippen LogP contribution < -0.4 is 4.72 Å². The van der Waals surface area contributed by atoms with E-state index in [2.05, 4.69) is 35.6 Å². The van der Waals surface area contributed by atoms with Gasteiger partial charge in [-0.05, 0) is 48.1 Å². The third-order valence-electron chi connectivity index (χ3n) is 5.11. The highest BCUT2D eigenvalue weighted by Gasteiger charge is 2.29. The van der Waals surface area contributed by atoms with Crippen molar-refractivity contribution in [3.63, 3.8) is 0 Å². The van der Waals surface area contributed by atoms with E-state index < -0.39 is 10.0 Å². The van der Waals surface area contributed by atoms with Crippen molar-refractivity contribution < 1.29 is 8.42 Å². The van der Waals surface area contributed by atoms with Crippen molar-refractivity contribution in [1.82, 2.24) is 9.62 Å². The summed E-state index contributed by atoms with van der Waals surface area (Å²) in [5, 5.41) is 0.521. The first-order valence-electron chi connectivity index (χ1n) is 9.39. The molecule has 0 aromatic heterocycles. The third kappa shape index (κ3) is 5.32. The molecule has 1 heterocycles. The SMILES string of the molecule is CC1CC(C)CN(C(CNS(=O)(=O)c2ccc(Cl)cc2)c2ccccc2)C1. The summed E-state index contributed by atoms with van der Waals surface area (Å²) in [5.74, 6) is 1.21. The average Bonchev–Trinajstić information content (AvgIpc) is 2.62. The second-order valence-electron chi connectivity index (χ2n) is 7.63. The van der Waals surface area contributed by atoms with Crippen LogP contribution in [0.1, 0.15) is 31.9 Å². The molecule has 4 nitrogen and oxygen atoms in total. The number of halogens is 1. The molecule has 0 spiro atoms. The maximum Gasteiger partial charge on any atom is 0.240 e. The third-order valence-corrected chi connectivity index (χ3v) is 6.80. The Labute approximate surface area is 167 Å². The Morgan fingerprint density at radius 3 is 2.22 bits per heavy atom. The molecule has 0 amide bonds. The van der Waals surface area contributed by atoms with Crippen LogP contribution in [0.25, 0.3) is 0 Å². The van der Waals surface area contributed by atoms with Gasteiger partial charge in [0, 0.05) is 30.7 Å². The topological polar surface area (TPSA) is 49.4 Å². The lowest BCUT2D eigenvalue weighted by Crippen LogP contribution is -2.45. The molecule has 27 heavy (non-hydrogen) atoms. The number of hydrogen-bond acceptors (Lipinski definition) is 3. The van der Waals surface area contributed by atoms with Gasteiger partial charge < -0.3 is 0 Å². The second-order valence-corrected chi connectivity index (χ2v) is 9.84. The molecule has 0 radical (unpaired) electrons. The predicted octanol–water partition coefficient (Wildman–Crippen LogP) is 4.34. The zero-order valence-electron chi connectivity index (χ0n) is 15.8. The van der Waals surface area contributed by atoms with E-state index in [0.717, 1.165) is 18.7 Å². The summed E-state index contributed by atoms with van der Waals surface area (Å²) in [7, 11) is -3.58. The van der Waals surface area contributed by atoms with Crippen molar-refractivity contribution >= 4 is 21.6 Å². The van der Waals surface area contributed by atoms with Crippen LogP contribution in [0.3, 0.4) is 0 Å². The Bertz CT molecular complexity index is 830. The molecular weight excluding hydrogens is 380 g/mol. The summed E-state index contributed by atoms with van der Waals surface area (Å²) in [6, 6.07) is 16.4. The van der Waals surface area contributed by atoms with Crippen LogP contribution in [0.15, 0.2) is 59.5 Å². The van der Waals surface area contributed by atoms with Crippen molar-refractivity contribution in [3.05, 3.63) is 65.2 Å². The van der Waals surface area contributed by atoms with E-state index in [-0.39, 0.29) is 10.9 Å². The lowest BCUT2D eigenvalue weighted by Gasteiger charge is -2.40. The highest BCUT2D eigenvalue weighted by Crippen LogP contribution is 2.29. The number of benzene rings is 2. The number of piperidine rings is 1. The van der Waals surface area contributed by atoms with E-state index in [0.29, 0.717) is 23.4 Å². The molecule has 2 aromatic rings. The summed E-state index contributed by atoms with van der Waals surface area (Å²) in [5.41, 5.74) is 1.14. The van der Waals surface area contributed by atoms with Gasteiger partial charge in [0.15, 0.2) is 0 Å². The van der Waals surface area contributed by atoms with Gasteiger partial charge in [-0.3, -0.25) is 4.90 Å². The molecular formula is C21H27ClN2O2S. The van der Waals surface area contributed by atoms with Gasteiger partial charge in [-0.15, -0.1) is 0 Å². The first-order valence-corrected chi connectivity index (χ1v) is 11.3. The summed E-state index contributed by atoms with van der Waals surface area (Å²) >= 11 is 5.88. The number of nitrogens with zero attached hydrogens (tertiary/aromatic N) is 1. The molecule has 3 atom stereocenters. The van der Waals surface area contributed by atoms with E-state index in [1.54, 1.807) is 12.1 Å². The van der Waals surface area contributed by atoms with E-state index in [1.165, 1.54) is 18.6 Å². The van der Waals surface area contributed by atoms with Crippen LogP contribution in [0.2, 0.25) is 5.02 Å². The molecule has 1 aliphatic rings. The Morgan fingerprint density at radius 2 is 1.63 bits per heavy atom. The molecule has 1 aliphatic heterocycles. The summed E-state index contributed by atoms with van der Waals surface area (Å²) < 4.78 is 28.2. The van der Waals surface area contributed by atoms with Gasteiger partial charge in [-0.25, -0.2) is 13.1 Å². The van der Waals surface area contributed by atoms with Gasteiger partial charge in [0.25, 0.3) is 0 Å². The van der Waals surface area contributed by atoms with Crippen LogP contribution >= 0.6 is 11.6 Å². The smallest absolute Gasteiger partial charge is 0.240 e. The largest absolute Gasteiger partial charge is 0.294 e. The fourth-order valence-corrected chi connectivity index (χ4v) is 5.15. The fraction of sp³-hybridized carbons (Fsp3) is 0.429. The zero-order valence-corrected chi connectivity index (χ0v) is 17.4. The fourth-order valence-electron chi connectivity index (χ4n) is 3.98. The molecule has 3 unspecified atom stereocenters. The van der Waals surface area contributed by atoms with Crippen LogP contribution in [0.5, 0.6) is 0 Å². The molecule has 6 heteroatoms. The Morgan fingerprint density at radius 1 is 1.04 bits per heavy atom. The molecule has 0 bridgehead atoms. The molecule has 2 aromatic carbocycles. The van der Waals surface area contributed by atoms with Crippen molar-refractivity contribution in [2.24, 2.45) is 11.8 Å². The molecule has 1 N–H and O–H groups in total. The second kappa shape index (κ2) is 8.74. The average molecular weight is 407 g/mol. The van der Waals surface area contributed by atoms with Crippen LogP contribution in [0, 0.1) is 11.8 Å². The summed E-state index contributed by atoms with van der Waals surface area (Å²) in [6.07, 6.45) is 1.22. The first kappa shape index (κ1) is 20.3. The van der Waals surface area contributed by atoms with Gasteiger partial charge in [-0.2, -0.15) is 0 Å². The van der Waals surface area contributed by atoms with Crippen LogP contribution in [-0.2, 0) is 10.0 Å². The monoisotopic (exact) mass is 406 g/mol. The van der Waals surface area contributed by atoms with E-state index in [1.807, 2.05) is 18.2 Å². The Hall–Kier alpha value is -1.40. The van der Waals surface area contributed by atoms with Gasteiger partial charge in [0.05, 0.1) is 4.90 Å². The van der Waals surface area contributed by atoms with Crippen LogP contribution in [-0.4, -0.2) is 33.0 Å². The molecule has 146 valence electrons. The van der Waals surface area contributed by atoms with Crippen molar-refractivity contribution in [2.75, 3.05) is 19.6 Å². The van der Waals surface area contributed by atoms with Gasteiger partial charge in [-0.1, -0.05) is 55.8 Å². The van der Waals surface area contributed by atoms with Gasteiger partial charge in [0.1, 0.15) is 0 Å². The van der Waals surface area contributed by atoms with Crippen molar-refractivity contribution in [3.8, 4) is 0 Å². The summed E-state index contributed by atoms with van der Waals surface area (Å²) in [4.78, 5) is 2.65. The lowest BCUT2D eigenvalue weighted by atomic mass is 9.90. The molecule has 0 saturated carbocycles. The maximum atomic E-state index is 12.7. The van der Waals surface area contributed by atoms with E-state index in [4.69, 9.17) is 11.6 Å². The summed E-state index contributed by atoms with van der Waals surface area (Å²) in [6.45, 7) is 6.83. The normalized spacial score (nSPS) is 22.5. The minimum Gasteiger partial charge on any atom is -0.294 e. The Balaban J connectivity index is 1.80. The number of likely N-dealkylation sites (tertiary alicyclic amines) is 1. The number of nitrogens with one attached hydrogen (secondary N) is 1. The highest BCUT2D eigenvalue weighted by atomic mass is 35.5. The van der Waals surface area contributed by atoms with E-state index >= 15 is 0 Å². The minimum atomic E-state index is -3.58. The molecule has 1 fully saturated rings. The number of sulfonamides is 1. The van der Waals surface area contributed by atoms with Gasteiger partial charge in [0.2, 0.25) is 10.0 Å². The maximum absolute atomic E-state index is 12.7. The zero-order chi connectivity index (χ0) is 19.4. The van der Waals surface area contributed by atoms with Crippen molar-refractivity contribution in [2.45, 2.75) is 31.2 Å². The standard InChI is InChI=1S/C21H27ClN2O2S/c1-16-12-17(2)15-24(14-16)21(18-6-4-3-5-7-18)13-23-27(25,26)20-10-8-19(22)9-11-20/h3-11,16-17,21,23H,12-15H2,1-2H3. The first-order chi connectivity index (χ1) is 12.8. The predicted molar refractivity (Wildman–Crippen MR) is 110 cm³/mol. The quantitative estimate of drug-likeness (QED) is 0.776. The Kier molecular flexibility index (Phi) is 6.58. The van der Waals surface area contributed by atoms with Crippen LogP contribution in [0.4, 0.5) is 0 Å². The molecule has 0 aliphatic carbocycles. The lowest BCUT2D eigenvalue weighted by molar-refractivity contribution is 0.0967. The van der Waals surface area contributed by atoms with Gasteiger partial charge >= 0.3 is 0 Å². The number of hydrogen-bond donors (Lipinski definition) is 1. The number of rotatable bonds is 6. The molecule has 3 rings (SSSR count).